The molecule has 3 nitrogen and oxygen atoms in total. The number of carbonyl (C=O) groups is 1. The van der Waals surface area contributed by atoms with Crippen molar-refractivity contribution in [2.75, 3.05) is 11.5 Å². The summed E-state index contributed by atoms with van der Waals surface area (Å²) < 4.78 is 6.58. The summed E-state index contributed by atoms with van der Waals surface area (Å²) in [5.74, 6) is 1.24. The fourth-order valence-electron chi connectivity index (χ4n) is 3.37. The Morgan fingerprint density at radius 3 is 2.79 bits per heavy atom. The monoisotopic (exact) mass is 377 g/mol. The van der Waals surface area contributed by atoms with Gasteiger partial charge in [0.05, 0.1) is 22.7 Å². The van der Waals surface area contributed by atoms with Crippen LogP contribution in [0.1, 0.15) is 38.5 Å². The minimum Gasteiger partial charge on any atom is -0.494 e. The Labute approximate surface area is 154 Å². The van der Waals surface area contributed by atoms with Gasteiger partial charge in [-0.25, -0.2) is 0 Å². The van der Waals surface area contributed by atoms with Gasteiger partial charge in [-0.1, -0.05) is 32.9 Å². The number of hydrogen-bond acceptors (Lipinski definition) is 5. The molecule has 1 amide bonds. The molecule has 0 radical (unpaired) electrons. The molecule has 0 atom stereocenters. The van der Waals surface area contributed by atoms with Gasteiger partial charge in [-0.3, -0.25) is 4.79 Å². The maximum Gasteiger partial charge on any atom is 0.230 e. The van der Waals surface area contributed by atoms with Crippen molar-refractivity contribution in [2.24, 2.45) is 5.92 Å². The van der Waals surface area contributed by atoms with Crippen LogP contribution in [0, 0.1) is 9.74 Å². The van der Waals surface area contributed by atoms with Gasteiger partial charge >= 0.3 is 0 Å². The highest BCUT2D eigenvalue weighted by atomic mass is 32.9. The van der Waals surface area contributed by atoms with Gasteiger partial charge in [0.1, 0.15) is 9.57 Å². The number of anilines is 1. The van der Waals surface area contributed by atoms with Crippen molar-refractivity contribution >= 4 is 44.5 Å². The van der Waals surface area contributed by atoms with E-state index in [1.54, 1.807) is 20.7 Å². The van der Waals surface area contributed by atoms with Crippen molar-refractivity contribution in [1.82, 2.24) is 0 Å². The van der Waals surface area contributed by atoms with Crippen molar-refractivity contribution in [3.05, 3.63) is 26.9 Å². The molecular formula is C18H19NO2S3. The van der Waals surface area contributed by atoms with E-state index in [4.69, 9.17) is 17.0 Å². The predicted octanol–water partition coefficient (Wildman–Crippen LogP) is 5.60. The lowest BCUT2D eigenvalue weighted by Gasteiger charge is -2.43. The molecule has 0 saturated heterocycles. The normalized spacial score (nSPS) is 18.0. The number of amides is 1. The van der Waals surface area contributed by atoms with Gasteiger partial charge in [0.25, 0.3) is 0 Å². The maximum absolute atomic E-state index is 13.0. The Balaban J connectivity index is 1.96. The smallest absolute Gasteiger partial charge is 0.230 e. The summed E-state index contributed by atoms with van der Waals surface area (Å²) in [5.41, 5.74) is 2.74. The second-order valence-electron chi connectivity index (χ2n) is 6.78. The number of fused-ring (bicyclic) bond motifs is 3. The minimum atomic E-state index is -0.368. The van der Waals surface area contributed by atoms with Crippen LogP contribution in [0.4, 0.5) is 5.69 Å². The van der Waals surface area contributed by atoms with Crippen LogP contribution in [0.5, 0.6) is 5.75 Å². The molecule has 4 rings (SSSR count). The van der Waals surface area contributed by atoms with Crippen molar-refractivity contribution in [1.29, 1.82) is 0 Å². The van der Waals surface area contributed by atoms with Gasteiger partial charge in [0.2, 0.25) is 5.91 Å². The first-order valence-electron chi connectivity index (χ1n) is 8.20. The van der Waals surface area contributed by atoms with E-state index >= 15 is 0 Å². The summed E-state index contributed by atoms with van der Waals surface area (Å²) >= 11 is 5.61. The number of ether oxygens (including phenoxy) is 1. The van der Waals surface area contributed by atoms with E-state index in [2.05, 4.69) is 13.8 Å². The van der Waals surface area contributed by atoms with E-state index in [0.717, 1.165) is 39.2 Å². The minimum absolute atomic E-state index is 0.178. The zero-order valence-electron chi connectivity index (χ0n) is 13.9. The largest absolute Gasteiger partial charge is 0.494 e. The van der Waals surface area contributed by atoms with E-state index in [-0.39, 0.29) is 17.4 Å². The van der Waals surface area contributed by atoms with Crippen molar-refractivity contribution in [2.45, 2.75) is 39.2 Å². The fourth-order valence-corrected chi connectivity index (χ4v) is 6.65. The van der Waals surface area contributed by atoms with Crippen molar-refractivity contribution < 1.29 is 9.53 Å². The highest BCUT2D eigenvalue weighted by Gasteiger charge is 2.46. The van der Waals surface area contributed by atoms with E-state index in [9.17, 15) is 4.79 Å². The number of benzene rings is 1. The van der Waals surface area contributed by atoms with E-state index in [1.165, 1.54) is 4.88 Å². The second kappa shape index (κ2) is 5.64. The topological polar surface area (TPSA) is 29.5 Å². The first kappa shape index (κ1) is 16.2. The average Bonchev–Trinajstić information content (AvgIpc) is 3.30. The van der Waals surface area contributed by atoms with Crippen LogP contribution in [-0.4, -0.2) is 12.5 Å². The van der Waals surface area contributed by atoms with Crippen molar-refractivity contribution in [3.8, 4) is 16.9 Å². The van der Waals surface area contributed by atoms with Gasteiger partial charge in [-0.05, 0) is 51.8 Å². The summed E-state index contributed by atoms with van der Waals surface area (Å²) in [7, 11) is 3.32. The van der Waals surface area contributed by atoms with Crippen LogP contribution < -0.4 is 9.64 Å². The number of carbonyl (C=O) groups excluding carboxylic acids is 1. The zero-order chi connectivity index (χ0) is 17.1. The second-order valence-corrected chi connectivity index (χ2v) is 9.59. The SMILES string of the molecule is CCOc1ccc2c(c1)-c1c(ssc1=S)C(C)(C)N2C(=O)C1CC1. The first-order chi connectivity index (χ1) is 11.4. The molecular weight excluding hydrogens is 358 g/mol. The lowest BCUT2D eigenvalue weighted by molar-refractivity contribution is -0.120. The number of nitrogens with zero attached hydrogens (tertiary/aromatic N) is 1. The molecule has 1 aromatic carbocycles. The molecule has 0 spiro atoms. The predicted molar refractivity (Wildman–Crippen MR) is 103 cm³/mol. The molecule has 1 aliphatic carbocycles. The fraction of sp³-hybridized carbons (Fsp3) is 0.444. The van der Waals surface area contributed by atoms with Gasteiger partial charge in [-0.15, -0.1) is 0 Å². The quantitative estimate of drug-likeness (QED) is 0.515. The van der Waals surface area contributed by atoms with E-state index < -0.39 is 0 Å². The van der Waals surface area contributed by atoms with Gasteiger partial charge in [0, 0.05) is 17.0 Å². The summed E-state index contributed by atoms with van der Waals surface area (Å²) in [6.45, 7) is 6.85. The lowest BCUT2D eigenvalue weighted by Crippen LogP contribution is -2.48. The third kappa shape index (κ3) is 2.35. The van der Waals surface area contributed by atoms with Crippen molar-refractivity contribution in [3.63, 3.8) is 0 Å². The molecule has 1 aliphatic heterocycles. The van der Waals surface area contributed by atoms with Crippen LogP contribution in [0.3, 0.4) is 0 Å². The third-order valence-corrected chi connectivity index (χ3v) is 8.01. The Bertz CT molecular complexity index is 877. The van der Waals surface area contributed by atoms with Crippen LogP contribution in [-0.2, 0) is 10.3 Å². The van der Waals surface area contributed by atoms with Crippen LogP contribution in [0.15, 0.2) is 18.2 Å². The summed E-state index contributed by atoms with van der Waals surface area (Å²) in [6, 6.07) is 6.01. The molecule has 0 unspecified atom stereocenters. The molecule has 6 heteroatoms. The number of hydrogen-bond donors (Lipinski definition) is 0. The highest BCUT2D eigenvalue weighted by Crippen LogP contribution is 2.54. The maximum atomic E-state index is 13.0. The highest BCUT2D eigenvalue weighted by molar-refractivity contribution is 7.80. The summed E-state index contributed by atoms with van der Waals surface area (Å²) in [6.07, 6.45) is 2.01. The molecule has 126 valence electrons. The number of rotatable bonds is 3. The molecule has 2 aromatic rings. The molecule has 2 heterocycles. The Kier molecular flexibility index (Phi) is 3.82. The van der Waals surface area contributed by atoms with Crippen LogP contribution in [0.25, 0.3) is 11.1 Å². The van der Waals surface area contributed by atoms with E-state index in [0.29, 0.717) is 6.61 Å². The van der Waals surface area contributed by atoms with Gasteiger partial charge in [0.15, 0.2) is 0 Å². The molecule has 1 fully saturated rings. The van der Waals surface area contributed by atoms with Gasteiger partial charge < -0.3 is 9.64 Å². The Morgan fingerprint density at radius 1 is 1.38 bits per heavy atom. The molecule has 1 aromatic heterocycles. The molecule has 24 heavy (non-hydrogen) atoms. The molecule has 2 aliphatic rings. The van der Waals surface area contributed by atoms with Crippen LogP contribution in [0.2, 0.25) is 0 Å². The standard InChI is InChI=1S/C18H19NO2S3/c1-4-21-11-7-8-13-12(9-11)14-15(23-24-17(14)22)18(2,3)19(13)16(20)10-5-6-10/h7-10H,4-6H2,1-3H3. The summed E-state index contributed by atoms with van der Waals surface area (Å²) in [5, 5.41) is 0. The van der Waals surface area contributed by atoms with Gasteiger partial charge in [-0.2, -0.15) is 0 Å². The van der Waals surface area contributed by atoms with E-state index in [1.807, 2.05) is 30.0 Å². The Hall–Kier alpha value is -1.24. The zero-order valence-corrected chi connectivity index (χ0v) is 16.4. The third-order valence-electron chi connectivity index (χ3n) is 4.68. The molecule has 0 N–H and O–H groups in total. The Morgan fingerprint density at radius 2 is 2.12 bits per heavy atom. The lowest BCUT2D eigenvalue weighted by atomic mass is 9.87. The summed E-state index contributed by atoms with van der Waals surface area (Å²) in [4.78, 5) is 16.2. The van der Waals surface area contributed by atoms with Crippen LogP contribution >= 0.6 is 32.9 Å². The molecule has 0 bridgehead atoms. The molecule has 1 saturated carbocycles. The average molecular weight is 378 g/mol. The first-order valence-corrected chi connectivity index (χ1v) is 10.8.